The van der Waals surface area contributed by atoms with Crippen LogP contribution in [0.15, 0.2) is 47.5 Å². The van der Waals surface area contributed by atoms with Crippen LogP contribution in [-0.4, -0.2) is 16.0 Å². The number of alkyl halides is 1. The first-order valence-corrected chi connectivity index (χ1v) is 7.55. The number of nitrogens with zero attached hydrogens (tertiary/aromatic N) is 2. The van der Waals surface area contributed by atoms with Crippen molar-refractivity contribution >= 4 is 34.1 Å². The molecule has 2 atom stereocenters. The number of ether oxygens (including phenoxy) is 1. The SMILES string of the molecule is Cc1c2ccccc2nc(OC2C=C(Cl)C=CC2(C)Cl)[n+]1[O-]. The molecule has 3 rings (SSSR count). The van der Waals surface area contributed by atoms with Crippen LogP contribution in [-0.2, 0) is 0 Å². The molecule has 6 heteroatoms. The molecule has 0 saturated heterocycles. The molecule has 22 heavy (non-hydrogen) atoms. The van der Waals surface area contributed by atoms with Crippen molar-refractivity contribution in [3.63, 3.8) is 0 Å². The molecular weight excluding hydrogens is 323 g/mol. The zero-order valence-corrected chi connectivity index (χ0v) is 13.6. The minimum absolute atomic E-state index is 0.0379. The van der Waals surface area contributed by atoms with Gasteiger partial charge < -0.3 is 9.94 Å². The molecule has 0 N–H and O–H groups in total. The third-order valence-corrected chi connectivity index (χ3v) is 4.25. The van der Waals surface area contributed by atoms with Gasteiger partial charge in [-0.1, -0.05) is 29.8 Å². The lowest BCUT2D eigenvalue weighted by atomic mass is 9.99. The number of para-hydroxylation sites is 1. The Hall–Kier alpha value is -1.78. The number of hydrogen-bond donors (Lipinski definition) is 0. The quantitative estimate of drug-likeness (QED) is 0.478. The third kappa shape index (κ3) is 2.64. The Morgan fingerprint density at radius 3 is 2.86 bits per heavy atom. The van der Waals surface area contributed by atoms with E-state index in [0.29, 0.717) is 21.0 Å². The predicted molar refractivity (Wildman–Crippen MR) is 87.2 cm³/mol. The Labute approximate surface area is 138 Å². The molecule has 1 aromatic heterocycles. The van der Waals surface area contributed by atoms with E-state index in [2.05, 4.69) is 4.98 Å². The second kappa shape index (κ2) is 5.45. The van der Waals surface area contributed by atoms with E-state index in [1.165, 1.54) is 0 Å². The van der Waals surface area contributed by atoms with Crippen molar-refractivity contribution in [2.75, 3.05) is 0 Å². The molecule has 1 aromatic carbocycles. The zero-order valence-electron chi connectivity index (χ0n) is 12.1. The summed E-state index contributed by atoms with van der Waals surface area (Å²) in [5.41, 5.74) is 1.22. The minimum Gasteiger partial charge on any atom is -0.708 e. The molecule has 0 aliphatic heterocycles. The molecule has 0 bridgehead atoms. The maximum absolute atomic E-state index is 12.4. The average Bonchev–Trinajstić information content (AvgIpc) is 2.48. The first-order chi connectivity index (χ1) is 10.4. The van der Waals surface area contributed by atoms with E-state index >= 15 is 0 Å². The summed E-state index contributed by atoms with van der Waals surface area (Å²) in [4.78, 5) is 3.49. The minimum atomic E-state index is -0.799. The van der Waals surface area contributed by atoms with Gasteiger partial charge >= 0.3 is 6.01 Å². The zero-order chi connectivity index (χ0) is 15.9. The fraction of sp³-hybridized carbons (Fsp3) is 0.250. The van der Waals surface area contributed by atoms with Crippen LogP contribution in [0.5, 0.6) is 6.01 Å². The Morgan fingerprint density at radius 1 is 1.36 bits per heavy atom. The monoisotopic (exact) mass is 336 g/mol. The van der Waals surface area contributed by atoms with Gasteiger partial charge in [0, 0.05) is 5.03 Å². The fourth-order valence-corrected chi connectivity index (χ4v) is 2.66. The summed E-state index contributed by atoms with van der Waals surface area (Å²) in [7, 11) is 0. The lowest BCUT2D eigenvalue weighted by Gasteiger charge is -2.28. The van der Waals surface area contributed by atoms with E-state index in [4.69, 9.17) is 27.9 Å². The van der Waals surface area contributed by atoms with Crippen LogP contribution in [0, 0.1) is 12.1 Å². The number of aryl methyl sites for hydroxylation is 1. The van der Waals surface area contributed by atoms with Gasteiger partial charge in [0.1, 0.15) is 16.7 Å². The maximum Gasteiger partial charge on any atom is 0.503 e. The molecule has 1 heterocycles. The number of rotatable bonds is 2. The summed E-state index contributed by atoms with van der Waals surface area (Å²) in [6.07, 6.45) is 4.53. The summed E-state index contributed by atoms with van der Waals surface area (Å²) in [6, 6.07) is 7.37. The molecule has 4 nitrogen and oxygen atoms in total. The van der Waals surface area contributed by atoms with Gasteiger partial charge in [-0.05, 0) is 43.1 Å². The Bertz CT molecular complexity index is 800. The van der Waals surface area contributed by atoms with Crippen LogP contribution in [0.2, 0.25) is 0 Å². The molecule has 0 radical (unpaired) electrons. The van der Waals surface area contributed by atoms with E-state index in [9.17, 15) is 5.21 Å². The van der Waals surface area contributed by atoms with Gasteiger partial charge in [0.15, 0.2) is 5.52 Å². The van der Waals surface area contributed by atoms with Crippen LogP contribution in [0.1, 0.15) is 12.6 Å². The summed E-state index contributed by atoms with van der Waals surface area (Å²) in [5, 5.41) is 13.7. The smallest absolute Gasteiger partial charge is 0.503 e. The third-order valence-electron chi connectivity index (χ3n) is 3.66. The van der Waals surface area contributed by atoms with Crippen molar-refractivity contribution in [2.45, 2.75) is 24.8 Å². The van der Waals surface area contributed by atoms with Gasteiger partial charge in [-0.2, -0.15) is 4.73 Å². The number of allylic oxidation sites excluding steroid dienone is 2. The van der Waals surface area contributed by atoms with Gasteiger partial charge in [0.05, 0.1) is 5.39 Å². The fourth-order valence-electron chi connectivity index (χ4n) is 2.32. The lowest BCUT2D eigenvalue weighted by molar-refractivity contribution is -0.622. The van der Waals surface area contributed by atoms with Crippen molar-refractivity contribution < 1.29 is 9.47 Å². The van der Waals surface area contributed by atoms with Gasteiger partial charge in [0.25, 0.3) is 0 Å². The topological polar surface area (TPSA) is 49.1 Å². The molecule has 1 aliphatic carbocycles. The lowest BCUT2D eigenvalue weighted by Crippen LogP contribution is -2.42. The molecule has 0 spiro atoms. The summed E-state index contributed by atoms with van der Waals surface area (Å²) in [6.45, 7) is 3.52. The van der Waals surface area contributed by atoms with Crippen molar-refractivity contribution in [1.82, 2.24) is 4.98 Å². The Morgan fingerprint density at radius 2 is 2.09 bits per heavy atom. The number of hydrogen-bond acceptors (Lipinski definition) is 3. The van der Waals surface area contributed by atoms with Gasteiger partial charge in [-0.25, -0.2) is 0 Å². The van der Waals surface area contributed by atoms with E-state index in [0.717, 1.165) is 5.39 Å². The molecule has 0 fully saturated rings. The summed E-state index contributed by atoms with van der Waals surface area (Å²) in [5.74, 6) is 0. The molecule has 2 unspecified atom stereocenters. The van der Waals surface area contributed by atoms with Crippen LogP contribution in [0.25, 0.3) is 10.9 Å². The number of fused-ring (bicyclic) bond motifs is 1. The van der Waals surface area contributed by atoms with Crippen molar-refractivity contribution in [2.24, 2.45) is 0 Å². The molecule has 2 aromatic rings. The molecule has 0 amide bonds. The standard InChI is InChI=1S/C16H14Cl2N2O2/c1-10-12-5-3-4-6-13(12)19-15(20(10)21)22-14-9-11(17)7-8-16(14,2)18/h3-9,14H,1-2H3. The van der Waals surface area contributed by atoms with E-state index in [-0.39, 0.29) is 6.01 Å². The average molecular weight is 337 g/mol. The molecular formula is C16H14Cl2N2O2. The second-order valence-electron chi connectivity index (χ2n) is 5.37. The highest BCUT2D eigenvalue weighted by Gasteiger charge is 2.35. The normalized spacial score (nSPS) is 24.4. The van der Waals surface area contributed by atoms with Crippen molar-refractivity contribution in [3.05, 3.63) is 58.4 Å². The first kappa shape index (κ1) is 15.1. The van der Waals surface area contributed by atoms with Gasteiger partial charge in [-0.15, -0.1) is 11.6 Å². The Kier molecular flexibility index (Phi) is 3.75. The predicted octanol–water partition coefficient (Wildman–Crippen LogP) is 3.61. The van der Waals surface area contributed by atoms with Crippen LogP contribution in [0.3, 0.4) is 0 Å². The van der Waals surface area contributed by atoms with Crippen LogP contribution in [0.4, 0.5) is 0 Å². The van der Waals surface area contributed by atoms with E-state index in [1.54, 1.807) is 32.1 Å². The number of benzene rings is 1. The summed E-state index contributed by atoms with van der Waals surface area (Å²) < 4.78 is 6.43. The Balaban J connectivity index is 2.04. The molecule has 114 valence electrons. The van der Waals surface area contributed by atoms with Crippen molar-refractivity contribution in [1.29, 1.82) is 0 Å². The summed E-state index contributed by atoms with van der Waals surface area (Å²) >= 11 is 12.4. The van der Waals surface area contributed by atoms with E-state index < -0.39 is 11.0 Å². The largest absolute Gasteiger partial charge is 0.708 e. The highest BCUT2D eigenvalue weighted by atomic mass is 35.5. The number of halogens is 2. The highest BCUT2D eigenvalue weighted by molar-refractivity contribution is 6.32. The molecule has 0 saturated carbocycles. The van der Waals surface area contributed by atoms with Gasteiger partial charge in [0.2, 0.25) is 0 Å². The highest BCUT2D eigenvalue weighted by Crippen LogP contribution is 2.31. The maximum atomic E-state index is 12.4. The van der Waals surface area contributed by atoms with Gasteiger partial charge in [-0.3, -0.25) is 0 Å². The first-order valence-electron chi connectivity index (χ1n) is 6.79. The number of aromatic nitrogens is 2. The second-order valence-corrected chi connectivity index (χ2v) is 6.62. The van der Waals surface area contributed by atoms with Crippen LogP contribution < -0.4 is 9.47 Å². The van der Waals surface area contributed by atoms with Crippen LogP contribution >= 0.6 is 23.2 Å². The van der Waals surface area contributed by atoms with Crippen molar-refractivity contribution in [3.8, 4) is 6.01 Å². The van der Waals surface area contributed by atoms with E-state index in [1.807, 2.05) is 24.3 Å². The molecule has 1 aliphatic rings.